The van der Waals surface area contributed by atoms with Gasteiger partial charge in [0.25, 0.3) is 0 Å². The van der Waals surface area contributed by atoms with Crippen LogP contribution in [-0.2, 0) is 10.9 Å². The Bertz CT molecular complexity index is 48.5. The molecule has 0 atom stereocenters. The monoisotopic (exact) mass is 144 g/mol. The van der Waals surface area contributed by atoms with Crippen LogP contribution in [0.5, 0.6) is 0 Å². The fraction of sp³-hybridized carbons (Fsp3) is 0.625. The first kappa shape index (κ1) is 9.35. The highest BCUT2D eigenvalue weighted by molar-refractivity contribution is 7.96. The molecule has 0 aromatic rings. The summed E-state index contributed by atoms with van der Waals surface area (Å²) in [7, 11) is 0.635. The molecule has 0 amide bonds. The summed E-state index contributed by atoms with van der Waals surface area (Å²) in [6.07, 6.45) is 4.06. The summed E-state index contributed by atoms with van der Waals surface area (Å²) in [6.45, 7) is 8.16. The van der Waals surface area contributed by atoms with Crippen molar-refractivity contribution < 1.29 is 0 Å². The van der Waals surface area contributed by atoms with Crippen molar-refractivity contribution in [1.29, 1.82) is 0 Å². The Balaban J connectivity index is 3.09. The quantitative estimate of drug-likeness (QED) is 0.517. The zero-order chi connectivity index (χ0) is 7.11. The minimum absolute atomic E-state index is 0.635. The third-order valence-corrected chi connectivity index (χ3v) is 3.61. The van der Waals surface area contributed by atoms with Gasteiger partial charge in [0.05, 0.1) is 0 Å². The van der Waals surface area contributed by atoms with Gasteiger partial charge in [-0.3, -0.25) is 0 Å². The normalized spacial score (nSPS) is 10.7. The Morgan fingerprint density at radius 2 is 1.89 bits per heavy atom. The highest BCUT2D eigenvalue weighted by Gasteiger charge is 2.09. The topological polar surface area (TPSA) is 0 Å². The summed E-state index contributed by atoms with van der Waals surface area (Å²) in [6, 6.07) is 0. The summed E-state index contributed by atoms with van der Waals surface area (Å²) in [5.74, 6) is 3.87. The molecule has 3 radical (unpaired) electrons. The van der Waals surface area contributed by atoms with Gasteiger partial charge in [-0.1, -0.05) is 0 Å². The van der Waals surface area contributed by atoms with Gasteiger partial charge < -0.3 is 0 Å². The van der Waals surface area contributed by atoms with Crippen molar-refractivity contribution >= 4 is 10.9 Å². The van der Waals surface area contributed by atoms with Gasteiger partial charge in [-0.25, -0.2) is 0 Å². The largest absolute Gasteiger partial charge is 0.111 e. The predicted molar refractivity (Wildman–Crippen MR) is 47.3 cm³/mol. The van der Waals surface area contributed by atoms with E-state index in [1.807, 2.05) is 6.42 Å². The molecule has 0 fully saturated rings. The summed E-state index contributed by atoms with van der Waals surface area (Å²) in [5.41, 5.74) is 0. The van der Waals surface area contributed by atoms with E-state index in [4.69, 9.17) is 0 Å². The molecule has 0 aliphatic rings. The molecule has 0 nitrogen and oxygen atoms in total. The zero-order valence-electron chi connectivity index (χ0n) is 6.39. The summed E-state index contributed by atoms with van der Waals surface area (Å²) in [4.78, 5) is 0. The third-order valence-electron chi connectivity index (χ3n) is 1.32. The Labute approximate surface area is 62.4 Å². The molecular weight excluding hydrogens is 128 g/mol. The lowest BCUT2D eigenvalue weighted by Crippen LogP contribution is -2.12. The van der Waals surface area contributed by atoms with E-state index in [-0.39, 0.29) is 0 Å². The molecule has 9 heavy (non-hydrogen) atoms. The fourth-order valence-corrected chi connectivity index (χ4v) is 1.93. The lowest BCUT2D eigenvalue weighted by Gasteiger charge is -2.00. The van der Waals surface area contributed by atoms with Crippen LogP contribution in [-0.4, -0.2) is 17.3 Å². The van der Waals surface area contributed by atoms with Crippen LogP contribution in [0.15, 0.2) is 0 Å². The maximum Gasteiger partial charge on any atom is 0.111 e. The van der Waals surface area contributed by atoms with Crippen LogP contribution in [0.1, 0.15) is 13.8 Å². The maximum absolute atomic E-state index is 3.65. The molecule has 1 heteroatoms. The van der Waals surface area contributed by atoms with Crippen LogP contribution >= 0.6 is 0 Å². The van der Waals surface area contributed by atoms with Crippen LogP contribution < -0.4 is 0 Å². The van der Waals surface area contributed by atoms with Crippen LogP contribution in [0.2, 0.25) is 0 Å². The first-order valence-corrected chi connectivity index (χ1v) is 5.16. The average Bonchev–Trinajstić information content (AvgIpc) is 1.91. The molecule has 0 N–H and O–H groups in total. The second-order valence-electron chi connectivity index (χ2n) is 1.83. The van der Waals surface area contributed by atoms with Gasteiger partial charge >= 0.3 is 0 Å². The molecule has 0 aliphatic heterocycles. The SMILES string of the molecule is [CH2][CH][CH]C[S+](CC)CC. The molecule has 0 saturated carbocycles. The standard InChI is InChI=1S/C8H16S/c1-4-7-8-9(5-2)6-3/h4,7H,1,5-6,8H2,2-3H3/q+1. The summed E-state index contributed by atoms with van der Waals surface area (Å²) < 4.78 is 0. The van der Waals surface area contributed by atoms with Crippen molar-refractivity contribution in [3.05, 3.63) is 19.8 Å². The van der Waals surface area contributed by atoms with E-state index >= 15 is 0 Å². The zero-order valence-corrected chi connectivity index (χ0v) is 7.21. The van der Waals surface area contributed by atoms with E-state index in [0.29, 0.717) is 10.9 Å². The van der Waals surface area contributed by atoms with Crippen LogP contribution in [0.3, 0.4) is 0 Å². The van der Waals surface area contributed by atoms with Gasteiger partial charge in [0, 0.05) is 6.42 Å². The van der Waals surface area contributed by atoms with Gasteiger partial charge in [0.2, 0.25) is 0 Å². The molecule has 0 saturated heterocycles. The van der Waals surface area contributed by atoms with Crippen LogP contribution in [0.4, 0.5) is 0 Å². The second kappa shape index (κ2) is 6.47. The molecule has 0 unspecified atom stereocenters. The first-order valence-electron chi connectivity index (χ1n) is 3.43. The minimum Gasteiger partial charge on any atom is -0.0494 e. The van der Waals surface area contributed by atoms with Crippen molar-refractivity contribution in [1.82, 2.24) is 0 Å². The molecule has 0 bridgehead atoms. The number of hydrogen-bond donors (Lipinski definition) is 0. The number of hydrogen-bond acceptors (Lipinski definition) is 0. The molecule has 0 aromatic heterocycles. The molecule has 53 valence electrons. The number of rotatable bonds is 5. The molecular formula is C8H16S+. The van der Waals surface area contributed by atoms with E-state index in [2.05, 4.69) is 27.2 Å². The van der Waals surface area contributed by atoms with Crippen molar-refractivity contribution in [2.45, 2.75) is 13.8 Å². The van der Waals surface area contributed by atoms with Crippen LogP contribution in [0, 0.1) is 19.8 Å². The van der Waals surface area contributed by atoms with Crippen molar-refractivity contribution in [2.75, 3.05) is 17.3 Å². The van der Waals surface area contributed by atoms with Gasteiger partial charge in [0.1, 0.15) is 17.3 Å². The van der Waals surface area contributed by atoms with Gasteiger partial charge in [-0.2, -0.15) is 0 Å². The third kappa shape index (κ3) is 4.83. The van der Waals surface area contributed by atoms with E-state index in [1.165, 1.54) is 17.3 Å². The molecule has 0 aliphatic carbocycles. The highest BCUT2D eigenvalue weighted by Crippen LogP contribution is 1.98. The molecule has 0 spiro atoms. The summed E-state index contributed by atoms with van der Waals surface area (Å²) in [5, 5.41) is 0. The van der Waals surface area contributed by atoms with E-state index in [9.17, 15) is 0 Å². The van der Waals surface area contributed by atoms with Gasteiger partial charge in [-0.15, -0.1) is 0 Å². The summed E-state index contributed by atoms with van der Waals surface area (Å²) >= 11 is 0. The van der Waals surface area contributed by atoms with E-state index in [0.717, 1.165) is 0 Å². The number of unbranched alkanes of at least 4 members (excludes halogenated alkanes) is 1. The molecule has 0 heterocycles. The lowest BCUT2D eigenvalue weighted by molar-refractivity contribution is 1.37. The Morgan fingerprint density at radius 1 is 1.33 bits per heavy atom. The average molecular weight is 144 g/mol. The van der Waals surface area contributed by atoms with Crippen LogP contribution in [0.25, 0.3) is 0 Å². The van der Waals surface area contributed by atoms with Crippen molar-refractivity contribution in [3.8, 4) is 0 Å². The Morgan fingerprint density at radius 3 is 2.22 bits per heavy atom. The van der Waals surface area contributed by atoms with Crippen molar-refractivity contribution in [3.63, 3.8) is 0 Å². The first-order chi connectivity index (χ1) is 4.35. The Kier molecular flexibility index (Phi) is 6.72. The maximum atomic E-state index is 3.65. The smallest absolute Gasteiger partial charge is 0.0494 e. The van der Waals surface area contributed by atoms with E-state index < -0.39 is 0 Å². The van der Waals surface area contributed by atoms with E-state index in [1.54, 1.807) is 0 Å². The van der Waals surface area contributed by atoms with Gasteiger partial charge in [0.15, 0.2) is 0 Å². The Hall–Kier alpha value is 0.350. The van der Waals surface area contributed by atoms with Crippen molar-refractivity contribution in [2.24, 2.45) is 0 Å². The molecule has 0 aromatic carbocycles. The lowest BCUT2D eigenvalue weighted by atomic mass is 10.4. The molecule has 0 rings (SSSR count). The van der Waals surface area contributed by atoms with Gasteiger partial charge in [-0.05, 0) is 38.1 Å². The minimum atomic E-state index is 0.635. The predicted octanol–water partition coefficient (Wildman–Crippen LogP) is 1.89. The fourth-order valence-electron chi connectivity index (χ4n) is 0.644. The second-order valence-corrected chi connectivity index (χ2v) is 4.54. The highest BCUT2D eigenvalue weighted by atomic mass is 32.2.